The summed E-state index contributed by atoms with van der Waals surface area (Å²) in [7, 11) is 1.66. The van der Waals surface area contributed by atoms with E-state index in [2.05, 4.69) is 5.32 Å². The summed E-state index contributed by atoms with van der Waals surface area (Å²) in [6.07, 6.45) is 2.88. The van der Waals surface area contributed by atoms with Crippen LogP contribution in [-0.2, 0) is 9.59 Å². The van der Waals surface area contributed by atoms with Crippen LogP contribution in [0.1, 0.15) is 26.2 Å². The Labute approximate surface area is 124 Å². The third-order valence-corrected chi connectivity index (χ3v) is 4.70. The second-order valence-electron chi connectivity index (χ2n) is 5.86. The van der Waals surface area contributed by atoms with E-state index in [1.807, 2.05) is 6.92 Å². The molecule has 2 rings (SSSR count). The van der Waals surface area contributed by atoms with E-state index in [-0.39, 0.29) is 24.3 Å². The first-order valence-electron chi connectivity index (χ1n) is 7.47. The zero-order valence-electron chi connectivity index (χ0n) is 12.5. The van der Waals surface area contributed by atoms with Gasteiger partial charge >= 0.3 is 12.0 Å². The van der Waals surface area contributed by atoms with Gasteiger partial charge < -0.3 is 20.2 Å². The molecule has 0 aromatic rings. The number of rotatable bonds is 4. The second kappa shape index (κ2) is 6.32. The Kier molecular flexibility index (Phi) is 4.69. The molecule has 0 aromatic heterocycles. The fourth-order valence-corrected chi connectivity index (χ4v) is 3.39. The monoisotopic (exact) mass is 297 g/mol. The number of aliphatic carboxylic acids is 1. The summed E-state index contributed by atoms with van der Waals surface area (Å²) < 4.78 is 0. The number of hydrogen-bond donors (Lipinski definition) is 2. The van der Waals surface area contributed by atoms with Crippen molar-refractivity contribution in [1.29, 1.82) is 0 Å². The Morgan fingerprint density at radius 3 is 2.67 bits per heavy atom. The minimum atomic E-state index is -0.948. The molecule has 2 N–H and O–H groups in total. The van der Waals surface area contributed by atoms with Crippen molar-refractivity contribution in [3.63, 3.8) is 0 Å². The van der Waals surface area contributed by atoms with Gasteiger partial charge in [-0.1, -0.05) is 6.42 Å². The molecule has 0 radical (unpaired) electrons. The van der Waals surface area contributed by atoms with Gasteiger partial charge in [-0.3, -0.25) is 4.79 Å². The lowest BCUT2D eigenvalue weighted by molar-refractivity contribution is -0.142. The number of nitrogens with one attached hydrogen (secondary N) is 1. The highest BCUT2D eigenvalue weighted by Crippen LogP contribution is 2.42. The molecule has 0 spiro atoms. The number of carboxylic acids is 1. The molecule has 1 aliphatic heterocycles. The summed E-state index contributed by atoms with van der Waals surface area (Å²) in [6, 6.07) is -1.20. The van der Waals surface area contributed by atoms with Gasteiger partial charge in [-0.25, -0.2) is 9.59 Å². The highest BCUT2D eigenvalue weighted by atomic mass is 16.4. The van der Waals surface area contributed by atoms with Crippen molar-refractivity contribution in [3.05, 3.63) is 0 Å². The molecule has 3 amide bonds. The maximum Gasteiger partial charge on any atom is 0.326 e. The predicted molar refractivity (Wildman–Crippen MR) is 75.7 cm³/mol. The first kappa shape index (κ1) is 15.6. The van der Waals surface area contributed by atoms with Crippen LogP contribution in [0.25, 0.3) is 0 Å². The van der Waals surface area contributed by atoms with Gasteiger partial charge in [-0.15, -0.1) is 0 Å². The number of carbonyl (C=O) groups excluding carboxylic acids is 2. The molecule has 1 saturated heterocycles. The van der Waals surface area contributed by atoms with Crippen molar-refractivity contribution < 1.29 is 19.5 Å². The van der Waals surface area contributed by atoms with E-state index in [0.717, 1.165) is 19.3 Å². The van der Waals surface area contributed by atoms with Crippen LogP contribution >= 0.6 is 0 Å². The van der Waals surface area contributed by atoms with Crippen LogP contribution in [-0.4, -0.2) is 65.5 Å². The molecule has 118 valence electrons. The lowest BCUT2D eigenvalue weighted by Crippen LogP contribution is -2.50. The molecule has 1 saturated carbocycles. The van der Waals surface area contributed by atoms with Crippen molar-refractivity contribution in [2.45, 2.75) is 32.2 Å². The average molecular weight is 297 g/mol. The maximum atomic E-state index is 12.2. The van der Waals surface area contributed by atoms with E-state index in [1.54, 1.807) is 7.05 Å². The molecule has 0 bridgehead atoms. The Bertz CT molecular complexity index is 440. The average Bonchev–Trinajstić information content (AvgIpc) is 3.02. The maximum absolute atomic E-state index is 12.2. The molecule has 2 fully saturated rings. The van der Waals surface area contributed by atoms with Gasteiger partial charge in [-0.2, -0.15) is 0 Å². The number of urea groups is 1. The molecule has 1 heterocycles. The van der Waals surface area contributed by atoms with E-state index >= 15 is 0 Å². The Morgan fingerprint density at radius 2 is 2.05 bits per heavy atom. The van der Waals surface area contributed by atoms with E-state index < -0.39 is 18.0 Å². The molecule has 0 aromatic carbocycles. The molecule has 3 unspecified atom stereocenters. The number of carbonyl (C=O) groups is 3. The van der Waals surface area contributed by atoms with Crippen molar-refractivity contribution >= 4 is 17.9 Å². The number of likely N-dealkylation sites (tertiary alicyclic amines) is 1. The molecule has 1 aliphatic carbocycles. The molecule has 3 atom stereocenters. The Balaban J connectivity index is 1.95. The van der Waals surface area contributed by atoms with Crippen LogP contribution in [0.15, 0.2) is 0 Å². The van der Waals surface area contributed by atoms with Gasteiger partial charge in [-0.05, 0) is 31.6 Å². The van der Waals surface area contributed by atoms with Gasteiger partial charge in [0.15, 0.2) is 0 Å². The smallest absolute Gasteiger partial charge is 0.326 e. The minimum absolute atomic E-state index is 0.0577. The van der Waals surface area contributed by atoms with Gasteiger partial charge in [0.05, 0.1) is 6.54 Å². The van der Waals surface area contributed by atoms with Gasteiger partial charge in [0.2, 0.25) is 5.91 Å². The van der Waals surface area contributed by atoms with E-state index in [9.17, 15) is 19.5 Å². The van der Waals surface area contributed by atoms with Crippen LogP contribution in [0.2, 0.25) is 0 Å². The highest BCUT2D eigenvalue weighted by Gasteiger charge is 2.49. The first-order chi connectivity index (χ1) is 9.95. The number of likely N-dealkylation sites (N-methyl/N-ethyl adjacent to an activating group) is 1. The summed E-state index contributed by atoms with van der Waals surface area (Å²) in [4.78, 5) is 38.2. The number of nitrogens with zero attached hydrogens (tertiary/aromatic N) is 2. The van der Waals surface area contributed by atoms with Crippen molar-refractivity contribution in [2.24, 2.45) is 11.8 Å². The molecule has 21 heavy (non-hydrogen) atoms. The topological polar surface area (TPSA) is 90.0 Å². The van der Waals surface area contributed by atoms with Crippen LogP contribution in [0.4, 0.5) is 4.79 Å². The summed E-state index contributed by atoms with van der Waals surface area (Å²) >= 11 is 0. The van der Waals surface area contributed by atoms with E-state index in [4.69, 9.17) is 0 Å². The number of amides is 3. The van der Waals surface area contributed by atoms with E-state index in [1.165, 1.54) is 9.80 Å². The standard InChI is InChI=1S/C14H23N3O4/c1-3-16(2)11(18)7-15-14(21)17-8-9-5-4-6-10(9)12(17)13(19)20/h9-10,12H,3-8H2,1-2H3,(H,15,21)(H,19,20). The number of hydrogen-bond acceptors (Lipinski definition) is 3. The predicted octanol–water partition coefficient (Wildman–Crippen LogP) is 0.359. The normalized spacial score (nSPS) is 27.3. The van der Waals surface area contributed by atoms with Gasteiger partial charge in [0.25, 0.3) is 0 Å². The Morgan fingerprint density at radius 1 is 1.33 bits per heavy atom. The van der Waals surface area contributed by atoms with Crippen molar-refractivity contribution in [3.8, 4) is 0 Å². The number of carboxylic acid groups (broad SMARTS) is 1. The van der Waals surface area contributed by atoms with Gasteiger partial charge in [0.1, 0.15) is 6.04 Å². The number of fused-ring (bicyclic) bond motifs is 1. The molecule has 7 nitrogen and oxygen atoms in total. The first-order valence-corrected chi connectivity index (χ1v) is 7.47. The second-order valence-corrected chi connectivity index (χ2v) is 5.86. The zero-order chi connectivity index (χ0) is 15.6. The SMILES string of the molecule is CCN(C)C(=O)CNC(=O)N1CC2CCCC2C1C(=O)O. The van der Waals surface area contributed by atoms with Crippen LogP contribution in [0.3, 0.4) is 0 Å². The lowest BCUT2D eigenvalue weighted by atomic mass is 9.94. The summed E-state index contributed by atoms with van der Waals surface area (Å²) in [5.41, 5.74) is 0. The fraction of sp³-hybridized carbons (Fsp3) is 0.786. The largest absolute Gasteiger partial charge is 0.480 e. The lowest BCUT2D eigenvalue weighted by Gasteiger charge is -2.25. The molecular formula is C14H23N3O4. The summed E-state index contributed by atoms with van der Waals surface area (Å²) in [6.45, 7) is 2.80. The zero-order valence-corrected chi connectivity index (χ0v) is 12.5. The summed E-state index contributed by atoms with van der Waals surface area (Å²) in [5, 5.41) is 11.9. The van der Waals surface area contributed by atoms with Crippen LogP contribution < -0.4 is 5.32 Å². The third-order valence-electron chi connectivity index (χ3n) is 4.70. The minimum Gasteiger partial charge on any atom is -0.480 e. The molecule has 2 aliphatic rings. The fourth-order valence-electron chi connectivity index (χ4n) is 3.39. The molecular weight excluding hydrogens is 274 g/mol. The van der Waals surface area contributed by atoms with Crippen molar-refractivity contribution in [1.82, 2.24) is 15.1 Å². The van der Waals surface area contributed by atoms with Crippen LogP contribution in [0, 0.1) is 11.8 Å². The summed E-state index contributed by atoms with van der Waals surface area (Å²) in [5.74, 6) is -0.790. The quantitative estimate of drug-likeness (QED) is 0.784. The van der Waals surface area contributed by atoms with Crippen molar-refractivity contribution in [2.75, 3.05) is 26.7 Å². The van der Waals surface area contributed by atoms with E-state index in [0.29, 0.717) is 13.1 Å². The Hall–Kier alpha value is -1.79. The third kappa shape index (κ3) is 3.11. The molecule has 7 heteroatoms. The van der Waals surface area contributed by atoms with Crippen LogP contribution in [0.5, 0.6) is 0 Å². The highest BCUT2D eigenvalue weighted by molar-refractivity contribution is 5.87. The van der Waals surface area contributed by atoms with Gasteiger partial charge in [0, 0.05) is 20.1 Å².